The summed E-state index contributed by atoms with van der Waals surface area (Å²) in [5.41, 5.74) is 6.07. The highest BCUT2D eigenvalue weighted by atomic mass is 15.4. The lowest BCUT2D eigenvalue weighted by molar-refractivity contribution is -0.0737. The number of nitrogens with two attached hydrogens (primary N) is 2. The van der Waals surface area contributed by atoms with Crippen LogP contribution in [0.4, 0.5) is 0 Å². The van der Waals surface area contributed by atoms with Crippen LogP contribution in [0.3, 0.4) is 0 Å². The van der Waals surface area contributed by atoms with Crippen molar-refractivity contribution >= 4 is 0 Å². The molecule has 0 heterocycles. The van der Waals surface area contributed by atoms with Gasteiger partial charge in [0.05, 0.1) is 0 Å². The summed E-state index contributed by atoms with van der Waals surface area (Å²) in [6.07, 6.45) is 16.8. The molecule has 0 aliphatic heterocycles. The third-order valence-corrected chi connectivity index (χ3v) is 9.75. The van der Waals surface area contributed by atoms with E-state index in [1.54, 1.807) is 11.2 Å². The van der Waals surface area contributed by atoms with Crippen molar-refractivity contribution in [3.63, 3.8) is 0 Å². The van der Waals surface area contributed by atoms with Crippen molar-refractivity contribution in [1.82, 2.24) is 5.01 Å². The third-order valence-electron chi connectivity index (χ3n) is 9.75. The molecule has 0 radical (unpaired) electrons. The van der Waals surface area contributed by atoms with E-state index < -0.39 is 0 Å². The maximum absolute atomic E-state index is 6.12. The van der Waals surface area contributed by atoms with Crippen molar-refractivity contribution in [2.24, 2.45) is 64.3 Å². The lowest BCUT2D eigenvalue weighted by Crippen LogP contribution is -2.49. The summed E-state index contributed by atoms with van der Waals surface area (Å²) in [6, 6.07) is 0. The molecule has 27 heavy (non-hydrogen) atoms. The average molecular weight is 374 g/mol. The third kappa shape index (κ3) is 3.43. The van der Waals surface area contributed by atoms with Gasteiger partial charge in [-0.25, -0.2) is 5.84 Å². The van der Waals surface area contributed by atoms with E-state index in [2.05, 4.69) is 20.8 Å². The van der Waals surface area contributed by atoms with Crippen molar-refractivity contribution in [2.75, 3.05) is 6.54 Å². The second-order valence-corrected chi connectivity index (χ2v) is 11.1. The van der Waals surface area contributed by atoms with Crippen molar-refractivity contribution in [3.05, 3.63) is 12.4 Å². The normalized spacial score (nSPS) is 47.9. The van der Waals surface area contributed by atoms with Gasteiger partial charge in [0.15, 0.2) is 0 Å². The smallest absolute Gasteiger partial charge is 0.0364 e. The summed E-state index contributed by atoms with van der Waals surface area (Å²) in [4.78, 5) is 0. The Kier molecular flexibility index (Phi) is 5.53. The first-order valence-electron chi connectivity index (χ1n) is 11.8. The molecule has 4 fully saturated rings. The predicted octanol–water partition coefficient (Wildman–Crippen LogP) is 5.13. The first-order chi connectivity index (χ1) is 12.9. The van der Waals surface area contributed by atoms with E-state index >= 15 is 0 Å². The molecule has 0 spiro atoms. The maximum Gasteiger partial charge on any atom is 0.0364 e. The standard InChI is InChI=1S/C24H43N3/c1-16-4-6-19-18(14-16)5-7-21-20(19)10-11-24(3)22(8-9-23(21)24)17(2)15-27(26)13-12-25/h12-13,16-23H,4-11,14-15,25-26H2,1-3H3/b13-12-/t16?,17-,18?,19?,20?,21?,22?,23?,24?/m1/s1. The van der Waals surface area contributed by atoms with Crippen molar-refractivity contribution in [1.29, 1.82) is 0 Å². The Labute approximate surface area is 167 Å². The molecule has 154 valence electrons. The summed E-state index contributed by atoms with van der Waals surface area (Å²) in [7, 11) is 0. The van der Waals surface area contributed by atoms with Crippen molar-refractivity contribution < 1.29 is 0 Å². The van der Waals surface area contributed by atoms with Gasteiger partial charge in [0.2, 0.25) is 0 Å². The van der Waals surface area contributed by atoms with Crippen LogP contribution in [0.5, 0.6) is 0 Å². The summed E-state index contributed by atoms with van der Waals surface area (Å²) < 4.78 is 0. The zero-order valence-corrected chi connectivity index (χ0v) is 17.9. The van der Waals surface area contributed by atoms with Crippen LogP contribution in [0.2, 0.25) is 0 Å². The minimum absolute atomic E-state index is 0.544. The molecule has 0 aromatic carbocycles. The Morgan fingerprint density at radius 2 is 1.81 bits per heavy atom. The van der Waals surface area contributed by atoms with Gasteiger partial charge >= 0.3 is 0 Å². The minimum Gasteiger partial charge on any atom is -0.403 e. The Morgan fingerprint density at radius 3 is 2.59 bits per heavy atom. The van der Waals surface area contributed by atoms with Crippen molar-refractivity contribution in [2.45, 2.75) is 78.6 Å². The molecule has 0 aromatic rings. The number of hydrogen-bond donors (Lipinski definition) is 2. The van der Waals surface area contributed by atoms with Gasteiger partial charge in [-0.15, -0.1) is 0 Å². The maximum atomic E-state index is 6.12. The second-order valence-electron chi connectivity index (χ2n) is 11.1. The molecular formula is C24H43N3. The zero-order chi connectivity index (χ0) is 19.2. The van der Waals surface area contributed by atoms with Crippen LogP contribution in [0.25, 0.3) is 0 Å². The predicted molar refractivity (Wildman–Crippen MR) is 113 cm³/mol. The molecule has 4 saturated carbocycles. The SMILES string of the molecule is CC1CCC2C(CCC3C2CCC2(C)C3CCC2[C@H](C)CN(N)/C=C\N)C1. The largest absolute Gasteiger partial charge is 0.403 e. The highest BCUT2D eigenvalue weighted by Gasteiger charge is 2.57. The lowest BCUT2D eigenvalue weighted by Gasteiger charge is -2.56. The van der Waals surface area contributed by atoms with Gasteiger partial charge in [-0.2, -0.15) is 0 Å². The number of rotatable bonds is 4. The first-order valence-corrected chi connectivity index (χ1v) is 11.8. The second kappa shape index (κ2) is 7.61. The van der Waals surface area contributed by atoms with Crippen LogP contribution >= 0.6 is 0 Å². The van der Waals surface area contributed by atoms with Gasteiger partial charge in [0, 0.05) is 18.9 Å². The monoisotopic (exact) mass is 373 g/mol. The van der Waals surface area contributed by atoms with E-state index in [-0.39, 0.29) is 0 Å². The van der Waals surface area contributed by atoms with Gasteiger partial charge in [-0.05, 0) is 104 Å². The average Bonchev–Trinajstić information content (AvgIpc) is 2.98. The Morgan fingerprint density at radius 1 is 1.04 bits per heavy atom. The Hall–Kier alpha value is -0.700. The van der Waals surface area contributed by atoms with Crippen molar-refractivity contribution in [3.8, 4) is 0 Å². The lowest BCUT2D eigenvalue weighted by atomic mass is 9.49. The van der Waals surface area contributed by atoms with Gasteiger partial charge in [-0.1, -0.05) is 27.2 Å². The highest BCUT2D eigenvalue weighted by Crippen LogP contribution is 2.65. The summed E-state index contributed by atoms with van der Waals surface area (Å²) >= 11 is 0. The van der Waals surface area contributed by atoms with E-state index in [1.807, 2.05) is 6.20 Å². The zero-order valence-electron chi connectivity index (χ0n) is 17.9. The van der Waals surface area contributed by atoms with Gasteiger partial charge < -0.3 is 10.7 Å². The van der Waals surface area contributed by atoms with E-state index in [1.165, 1.54) is 57.8 Å². The molecule has 4 aliphatic rings. The molecule has 4 aliphatic carbocycles. The van der Waals surface area contributed by atoms with Gasteiger partial charge in [0.25, 0.3) is 0 Å². The molecule has 9 atom stereocenters. The van der Waals surface area contributed by atoms with Crippen LogP contribution in [0, 0.1) is 52.8 Å². The molecular weight excluding hydrogens is 330 g/mol. The van der Waals surface area contributed by atoms with E-state index in [0.29, 0.717) is 11.3 Å². The molecule has 0 aromatic heterocycles. The topological polar surface area (TPSA) is 55.3 Å². The van der Waals surface area contributed by atoms with Gasteiger partial charge in [0.1, 0.15) is 0 Å². The van der Waals surface area contributed by atoms with E-state index in [9.17, 15) is 0 Å². The minimum atomic E-state index is 0.544. The van der Waals surface area contributed by atoms with E-state index in [0.717, 1.165) is 48.0 Å². The molecule has 0 bridgehead atoms. The Balaban J connectivity index is 1.46. The quantitative estimate of drug-likeness (QED) is 0.530. The summed E-state index contributed by atoms with van der Waals surface area (Å²) in [6.45, 7) is 8.49. The Bertz CT molecular complexity index is 546. The molecule has 4 N–H and O–H groups in total. The first kappa shape index (κ1) is 19.6. The summed E-state index contributed by atoms with van der Waals surface area (Å²) in [5.74, 6) is 13.7. The number of fused-ring (bicyclic) bond motifs is 5. The van der Waals surface area contributed by atoms with Crippen LogP contribution in [0.15, 0.2) is 12.4 Å². The fraction of sp³-hybridized carbons (Fsp3) is 0.917. The fourth-order valence-corrected chi connectivity index (χ4v) is 8.69. The number of hydrazine groups is 1. The fourth-order valence-electron chi connectivity index (χ4n) is 8.69. The van der Waals surface area contributed by atoms with E-state index in [4.69, 9.17) is 11.6 Å². The van der Waals surface area contributed by atoms with Crippen LogP contribution in [-0.4, -0.2) is 11.6 Å². The molecule has 3 heteroatoms. The molecule has 0 saturated heterocycles. The molecule has 8 unspecified atom stereocenters. The van der Waals surface area contributed by atoms with Gasteiger partial charge in [-0.3, -0.25) is 0 Å². The molecule has 3 nitrogen and oxygen atoms in total. The highest BCUT2D eigenvalue weighted by molar-refractivity contribution is 5.06. The van der Waals surface area contributed by atoms with Crippen LogP contribution in [-0.2, 0) is 0 Å². The van der Waals surface area contributed by atoms with Crippen LogP contribution < -0.4 is 11.6 Å². The molecule has 0 amide bonds. The number of hydrogen-bond acceptors (Lipinski definition) is 3. The summed E-state index contributed by atoms with van der Waals surface area (Å²) in [5, 5.41) is 1.79. The number of nitrogens with zero attached hydrogens (tertiary/aromatic N) is 1. The van der Waals surface area contributed by atoms with Crippen LogP contribution in [0.1, 0.15) is 78.6 Å². The molecule has 4 rings (SSSR count).